The van der Waals surface area contributed by atoms with Gasteiger partial charge in [0.2, 0.25) is 5.76 Å². The third-order valence-corrected chi connectivity index (χ3v) is 2.16. The summed E-state index contributed by atoms with van der Waals surface area (Å²) in [5.74, 6) is -0.601. The molecule has 1 N–H and O–H groups in total. The summed E-state index contributed by atoms with van der Waals surface area (Å²) in [5, 5.41) is 12.4. The molecule has 5 heteroatoms. The molecule has 17 heavy (non-hydrogen) atoms. The maximum atomic E-state index is 10.7. The Morgan fingerprint density at radius 1 is 1.47 bits per heavy atom. The number of aromatic nitrogens is 1. The van der Waals surface area contributed by atoms with E-state index in [0.717, 1.165) is 5.56 Å². The Labute approximate surface area is 97.6 Å². The van der Waals surface area contributed by atoms with Crippen molar-refractivity contribution in [2.24, 2.45) is 0 Å². The van der Waals surface area contributed by atoms with Gasteiger partial charge in [-0.15, -0.1) is 0 Å². The number of carbonyl (C=O) groups is 1. The van der Waals surface area contributed by atoms with Gasteiger partial charge in [-0.05, 0) is 19.1 Å². The standard InChI is InChI=1S/C12H11NO4/c1-2-16-9-5-3-4-8(6-9)10-7-11(12(14)15)17-13-10/h3-7H,2H2,1H3,(H,14,15). The quantitative estimate of drug-likeness (QED) is 0.877. The second-order valence-corrected chi connectivity index (χ2v) is 3.34. The first-order valence-electron chi connectivity index (χ1n) is 5.14. The van der Waals surface area contributed by atoms with E-state index in [1.165, 1.54) is 6.07 Å². The van der Waals surface area contributed by atoms with Crippen LogP contribution in [-0.2, 0) is 0 Å². The van der Waals surface area contributed by atoms with Crippen LogP contribution in [0.5, 0.6) is 5.75 Å². The number of carboxylic acids is 1. The van der Waals surface area contributed by atoms with Crippen molar-refractivity contribution in [1.82, 2.24) is 5.16 Å². The SMILES string of the molecule is CCOc1cccc(-c2cc(C(=O)O)on2)c1. The number of hydrogen-bond donors (Lipinski definition) is 1. The van der Waals surface area contributed by atoms with Gasteiger partial charge in [0.05, 0.1) is 6.61 Å². The third kappa shape index (κ3) is 2.44. The molecule has 1 aromatic carbocycles. The first-order chi connectivity index (χ1) is 8.20. The average Bonchev–Trinajstić information content (AvgIpc) is 2.79. The lowest BCUT2D eigenvalue weighted by molar-refractivity contribution is 0.0652. The number of benzene rings is 1. The van der Waals surface area contributed by atoms with E-state index >= 15 is 0 Å². The molecule has 0 amide bonds. The van der Waals surface area contributed by atoms with Crippen LogP contribution >= 0.6 is 0 Å². The summed E-state index contributed by atoms with van der Waals surface area (Å²) in [7, 11) is 0. The zero-order valence-corrected chi connectivity index (χ0v) is 9.21. The molecular weight excluding hydrogens is 222 g/mol. The van der Waals surface area contributed by atoms with Crippen molar-refractivity contribution in [1.29, 1.82) is 0 Å². The van der Waals surface area contributed by atoms with Crippen LogP contribution < -0.4 is 4.74 Å². The normalized spacial score (nSPS) is 10.2. The zero-order valence-electron chi connectivity index (χ0n) is 9.21. The minimum atomic E-state index is -1.13. The lowest BCUT2D eigenvalue weighted by atomic mass is 10.1. The Kier molecular flexibility index (Phi) is 3.09. The molecule has 2 aromatic rings. The number of hydrogen-bond acceptors (Lipinski definition) is 4. The molecule has 0 saturated heterocycles. The number of carboxylic acid groups (broad SMARTS) is 1. The Morgan fingerprint density at radius 2 is 2.29 bits per heavy atom. The molecule has 88 valence electrons. The van der Waals surface area contributed by atoms with Gasteiger partial charge in [0.25, 0.3) is 0 Å². The Hall–Kier alpha value is -2.30. The van der Waals surface area contributed by atoms with E-state index in [9.17, 15) is 4.79 Å². The molecule has 0 atom stereocenters. The maximum absolute atomic E-state index is 10.7. The fourth-order valence-electron chi connectivity index (χ4n) is 1.42. The topological polar surface area (TPSA) is 72.6 Å². The minimum Gasteiger partial charge on any atom is -0.494 e. The van der Waals surface area contributed by atoms with Gasteiger partial charge in [0.15, 0.2) is 0 Å². The maximum Gasteiger partial charge on any atom is 0.374 e. The van der Waals surface area contributed by atoms with Crippen molar-refractivity contribution in [3.63, 3.8) is 0 Å². The molecule has 2 rings (SSSR count). The molecular formula is C12H11NO4. The molecule has 0 aliphatic carbocycles. The number of aromatic carboxylic acids is 1. The minimum absolute atomic E-state index is 0.179. The lowest BCUT2D eigenvalue weighted by Crippen LogP contribution is -1.92. The lowest BCUT2D eigenvalue weighted by Gasteiger charge is -2.03. The molecule has 0 aliphatic heterocycles. The van der Waals surface area contributed by atoms with Gasteiger partial charge in [-0.25, -0.2) is 4.79 Å². The van der Waals surface area contributed by atoms with Crippen LogP contribution in [0.1, 0.15) is 17.5 Å². The predicted molar refractivity (Wildman–Crippen MR) is 60.1 cm³/mol. The van der Waals surface area contributed by atoms with Crippen molar-refractivity contribution in [2.75, 3.05) is 6.61 Å². The van der Waals surface area contributed by atoms with Gasteiger partial charge in [0.1, 0.15) is 11.4 Å². The monoisotopic (exact) mass is 233 g/mol. The summed E-state index contributed by atoms with van der Waals surface area (Å²) in [5.41, 5.74) is 1.23. The number of nitrogens with zero attached hydrogens (tertiary/aromatic N) is 1. The Bertz CT molecular complexity index is 533. The summed E-state index contributed by atoms with van der Waals surface area (Å²) >= 11 is 0. The molecule has 0 fully saturated rings. The summed E-state index contributed by atoms with van der Waals surface area (Å²) in [4.78, 5) is 10.7. The molecule has 1 heterocycles. The zero-order chi connectivity index (χ0) is 12.3. The Morgan fingerprint density at radius 3 is 2.94 bits per heavy atom. The highest BCUT2D eigenvalue weighted by molar-refractivity contribution is 5.85. The number of ether oxygens (including phenoxy) is 1. The highest BCUT2D eigenvalue weighted by atomic mass is 16.5. The second-order valence-electron chi connectivity index (χ2n) is 3.34. The third-order valence-electron chi connectivity index (χ3n) is 2.16. The highest BCUT2D eigenvalue weighted by Gasteiger charge is 2.12. The summed E-state index contributed by atoms with van der Waals surface area (Å²) in [6.45, 7) is 2.47. The van der Waals surface area contributed by atoms with Crippen LogP contribution in [0.15, 0.2) is 34.9 Å². The van der Waals surface area contributed by atoms with Crippen molar-refractivity contribution in [3.05, 3.63) is 36.1 Å². The molecule has 0 bridgehead atoms. The summed E-state index contributed by atoms with van der Waals surface area (Å²) in [6.07, 6.45) is 0. The molecule has 5 nitrogen and oxygen atoms in total. The van der Waals surface area contributed by atoms with Crippen molar-refractivity contribution < 1.29 is 19.2 Å². The summed E-state index contributed by atoms with van der Waals surface area (Å²) < 4.78 is 10.0. The summed E-state index contributed by atoms with van der Waals surface area (Å²) in [6, 6.07) is 8.62. The molecule has 0 radical (unpaired) electrons. The van der Waals surface area contributed by atoms with Crippen molar-refractivity contribution in [2.45, 2.75) is 6.92 Å². The van der Waals surface area contributed by atoms with E-state index in [-0.39, 0.29) is 5.76 Å². The van der Waals surface area contributed by atoms with Crippen LogP contribution in [0.25, 0.3) is 11.3 Å². The van der Waals surface area contributed by atoms with Crippen LogP contribution in [0.3, 0.4) is 0 Å². The van der Waals surface area contributed by atoms with Crippen LogP contribution in [-0.4, -0.2) is 22.8 Å². The van der Waals surface area contributed by atoms with E-state index in [4.69, 9.17) is 9.84 Å². The van der Waals surface area contributed by atoms with Gasteiger partial charge >= 0.3 is 5.97 Å². The van der Waals surface area contributed by atoms with Crippen LogP contribution in [0.4, 0.5) is 0 Å². The molecule has 0 saturated carbocycles. The molecule has 0 aliphatic rings. The molecule has 0 spiro atoms. The van der Waals surface area contributed by atoms with Crippen LogP contribution in [0, 0.1) is 0 Å². The molecule has 1 aromatic heterocycles. The van der Waals surface area contributed by atoms with E-state index < -0.39 is 5.97 Å². The molecule has 0 unspecified atom stereocenters. The largest absolute Gasteiger partial charge is 0.494 e. The predicted octanol–water partition coefficient (Wildman–Crippen LogP) is 2.44. The Balaban J connectivity index is 2.31. The van der Waals surface area contributed by atoms with Crippen molar-refractivity contribution in [3.8, 4) is 17.0 Å². The second kappa shape index (κ2) is 4.69. The fraction of sp³-hybridized carbons (Fsp3) is 0.167. The van der Waals surface area contributed by atoms with E-state index in [1.807, 2.05) is 25.1 Å². The van der Waals surface area contributed by atoms with Gasteiger partial charge in [-0.3, -0.25) is 0 Å². The van der Waals surface area contributed by atoms with Crippen molar-refractivity contribution >= 4 is 5.97 Å². The van der Waals surface area contributed by atoms with Gasteiger partial charge in [-0.2, -0.15) is 0 Å². The van der Waals surface area contributed by atoms with Gasteiger partial charge in [-0.1, -0.05) is 17.3 Å². The van der Waals surface area contributed by atoms with Gasteiger partial charge < -0.3 is 14.4 Å². The van der Waals surface area contributed by atoms with E-state index in [0.29, 0.717) is 18.1 Å². The fourth-order valence-corrected chi connectivity index (χ4v) is 1.42. The van der Waals surface area contributed by atoms with Gasteiger partial charge in [0, 0.05) is 11.6 Å². The van der Waals surface area contributed by atoms with E-state index in [1.54, 1.807) is 6.07 Å². The van der Waals surface area contributed by atoms with Crippen LogP contribution in [0.2, 0.25) is 0 Å². The first-order valence-corrected chi connectivity index (χ1v) is 5.14. The number of rotatable bonds is 4. The van der Waals surface area contributed by atoms with E-state index in [2.05, 4.69) is 9.68 Å². The smallest absolute Gasteiger partial charge is 0.374 e. The highest BCUT2D eigenvalue weighted by Crippen LogP contribution is 2.23. The average molecular weight is 233 g/mol. The first kappa shape index (κ1) is 11.2.